The van der Waals surface area contributed by atoms with Gasteiger partial charge in [0.15, 0.2) is 5.82 Å². The highest BCUT2D eigenvalue weighted by Gasteiger charge is 2.52. The Balaban J connectivity index is 2.02. The van der Waals surface area contributed by atoms with E-state index in [0.29, 0.717) is 11.4 Å². The lowest BCUT2D eigenvalue weighted by atomic mass is 9.85. The van der Waals surface area contributed by atoms with Gasteiger partial charge in [-0.15, -0.1) is 0 Å². The van der Waals surface area contributed by atoms with Crippen LogP contribution in [-0.4, -0.2) is 40.0 Å². The second kappa shape index (κ2) is 5.76. The van der Waals surface area contributed by atoms with E-state index in [1.165, 1.54) is 12.4 Å². The molecule has 1 saturated heterocycles. The molecule has 0 aliphatic carbocycles. The van der Waals surface area contributed by atoms with E-state index < -0.39 is 30.0 Å². The van der Waals surface area contributed by atoms with E-state index in [0.717, 1.165) is 0 Å². The molecule has 8 heteroatoms. The van der Waals surface area contributed by atoms with E-state index in [9.17, 15) is 4.79 Å². The Morgan fingerprint density at radius 3 is 2.13 bits per heavy atom. The van der Waals surface area contributed by atoms with Crippen LogP contribution in [0.3, 0.4) is 0 Å². The quantitative estimate of drug-likeness (QED) is 0.840. The minimum atomic E-state index is -0.580. The van der Waals surface area contributed by atoms with Crippen molar-refractivity contribution in [3.8, 4) is 0 Å². The van der Waals surface area contributed by atoms with Crippen molar-refractivity contribution in [2.45, 2.75) is 65.3 Å². The summed E-state index contributed by atoms with van der Waals surface area (Å²) in [6.07, 6.45) is 2.40. The highest BCUT2D eigenvalue weighted by molar-refractivity contribution is 6.61. The SMILES string of the molecule is CC(C)(C)OC(=O)Nc1cnc(B2OC(C)(C)C(C)(C)O2)cn1. The number of nitrogens with one attached hydrogen (secondary N) is 1. The molecular formula is C15H24BN3O4. The third-order valence-corrected chi connectivity index (χ3v) is 3.80. The maximum Gasteiger partial charge on any atom is 0.516 e. The van der Waals surface area contributed by atoms with Crippen molar-refractivity contribution in [2.24, 2.45) is 0 Å². The fraction of sp³-hybridized carbons (Fsp3) is 0.667. The zero-order valence-electron chi connectivity index (χ0n) is 14.8. The van der Waals surface area contributed by atoms with Gasteiger partial charge in [0, 0.05) is 6.20 Å². The fourth-order valence-corrected chi connectivity index (χ4v) is 1.90. The normalized spacial score (nSPS) is 19.5. The number of rotatable bonds is 2. The minimum absolute atomic E-state index is 0.305. The molecule has 0 atom stereocenters. The molecule has 0 aromatic carbocycles. The first-order valence-electron chi connectivity index (χ1n) is 7.57. The lowest BCUT2D eigenvalue weighted by Gasteiger charge is -2.32. The van der Waals surface area contributed by atoms with Crippen LogP contribution in [-0.2, 0) is 14.0 Å². The van der Waals surface area contributed by atoms with Gasteiger partial charge in [-0.2, -0.15) is 0 Å². The number of aromatic nitrogens is 2. The number of nitrogens with zero attached hydrogens (tertiary/aromatic N) is 2. The molecule has 0 radical (unpaired) electrons. The molecule has 1 aliphatic rings. The number of hydrogen-bond donors (Lipinski definition) is 1. The maximum atomic E-state index is 11.7. The summed E-state index contributed by atoms with van der Waals surface area (Å²) in [6.45, 7) is 13.3. The summed E-state index contributed by atoms with van der Waals surface area (Å²) in [5.74, 6) is 0.305. The van der Waals surface area contributed by atoms with Crippen LogP contribution in [0.15, 0.2) is 12.4 Å². The topological polar surface area (TPSA) is 82.6 Å². The van der Waals surface area contributed by atoms with Crippen molar-refractivity contribution in [1.82, 2.24) is 9.97 Å². The Labute approximate surface area is 137 Å². The van der Waals surface area contributed by atoms with Gasteiger partial charge in [-0.3, -0.25) is 10.3 Å². The Kier molecular flexibility index (Phi) is 4.43. The number of carbonyl (C=O) groups is 1. The Bertz CT molecular complexity index is 565. The standard InChI is InChI=1S/C15H24BN3O4/c1-13(2,3)21-12(20)19-11-9-17-10(8-18-11)16-22-14(4,5)15(6,7)23-16/h8-9H,1-7H3,(H,18,19,20). The molecule has 1 aromatic rings. The van der Waals surface area contributed by atoms with E-state index in [1.54, 1.807) is 20.8 Å². The summed E-state index contributed by atoms with van der Waals surface area (Å²) in [5, 5.41) is 2.53. The zero-order valence-corrected chi connectivity index (χ0v) is 14.8. The summed E-state index contributed by atoms with van der Waals surface area (Å²) in [5.41, 5.74) is -0.891. The molecule has 0 saturated carbocycles. The summed E-state index contributed by atoms with van der Waals surface area (Å²) in [6, 6.07) is 0. The van der Waals surface area contributed by atoms with Crippen LogP contribution in [0.1, 0.15) is 48.5 Å². The first kappa shape index (κ1) is 17.7. The minimum Gasteiger partial charge on any atom is -0.444 e. The van der Waals surface area contributed by atoms with Crippen molar-refractivity contribution < 1.29 is 18.8 Å². The molecule has 1 aromatic heterocycles. The molecule has 1 aliphatic heterocycles. The van der Waals surface area contributed by atoms with Gasteiger partial charge in [0.05, 0.1) is 23.0 Å². The number of hydrogen-bond acceptors (Lipinski definition) is 6. The number of carbonyl (C=O) groups excluding carboxylic acids is 1. The molecule has 7 nitrogen and oxygen atoms in total. The van der Waals surface area contributed by atoms with Crippen LogP contribution in [0, 0.1) is 0 Å². The van der Waals surface area contributed by atoms with Gasteiger partial charge in [-0.25, -0.2) is 9.78 Å². The molecule has 0 bridgehead atoms. The first-order chi connectivity index (χ1) is 10.4. The maximum absolute atomic E-state index is 11.7. The van der Waals surface area contributed by atoms with E-state index in [-0.39, 0.29) is 0 Å². The molecule has 1 fully saturated rings. The van der Waals surface area contributed by atoms with Gasteiger partial charge < -0.3 is 14.0 Å². The summed E-state index contributed by atoms with van der Waals surface area (Å²) < 4.78 is 17.0. The van der Waals surface area contributed by atoms with E-state index in [1.807, 2.05) is 27.7 Å². The van der Waals surface area contributed by atoms with Gasteiger partial charge >= 0.3 is 13.2 Å². The molecule has 23 heavy (non-hydrogen) atoms. The molecule has 2 heterocycles. The molecule has 1 amide bonds. The first-order valence-corrected chi connectivity index (χ1v) is 7.57. The Morgan fingerprint density at radius 1 is 1.13 bits per heavy atom. The van der Waals surface area contributed by atoms with Gasteiger partial charge in [0.1, 0.15) is 5.60 Å². The van der Waals surface area contributed by atoms with E-state index in [4.69, 9.17) is 14.0 Å². The zero-order chi connectivity index (χ0) is 17.5. The van der Waals surface area contributed by atoms with Gasteiger partial charge in [-0.1, -0.05) is 0 Å². The number of ether oxygens (including phenoxy) is 1. The summed E-state index contributed by atoms with van der Waals surface area (Å²) in [7, 11) is -0.580. The van der Waals surface area contributed by atoms with Crippen molar-refractivity contribution in [3.63, 3.8) is 0 Å². The Morgan fingerprint density at radius 2 is 1.70 bits per heavy atom. The average Bonchev–Trinajstić information content (AvgIpc) is 2.56. The van der Waals surface area contributed by atoms with Gasteiger partial charge in [-0.05, 0) is 48.5 Å². The third kappa shape index (κ3) is 4.20. The number of anilines is 1. The highest BCUT2D eigenvalue weighted by atomic mass is 16.7. The monoisotopic (exact) mass is 321 g/mol. The largest absolute Gasteiger partial charge is 0.516 e. The Hall–Kier alpha value is -1.67. The smallest absolute Gasteiger partial charge is 0.444 e. The molecule has 0 spiro atoms. The van der Waals surface area contributed by atoms with Crippen molar-refractivity contribution in [1.29, 1.82) is 0 Å². The molecule has 126 valence electrons. The van der Waals surface area contributed by atoms with Crippen LogP contribution in [0.2, 0.25) is 0 Å². The van der Waals surface area contributed by atoms with Crippen LogP contribution in [0.4, 0.5) is 10.6 Å². The lowest BCUT2D eigenvalue weighted by molar-refractivity contribution is 0.00578. The number of amides is 1. The summed E-state index contributed by atoms with van der Waals surface area (Å²) >= 11 is 0. The summed E-state index contributed by atoms with van der Waals surface area (Å²) in [4.78, 5) is 20.1. The lowest BCUT2D eigenvalue weighted by Crippen LogP contribution is -2.41. The van der Waals surface area contributed by atoms with Crippen LogP contribution >= 0.6 is 0 Å². The van der Waals surface area contributed by atoms with Gasteiger partial charge in [0.25, 0.3) is 0 Å². The van der Waals surface area contributed by atoms with Crippen LogP contribution in [0.25, 0.3) is 0 Å². The third-order valence-electron chi connectivity index (χ3n) is 3.80. The predicted molar refractivity (Wildman–Crippen MR) is 87.6 cm³/mol. The molecule has 2 rings (SSSR count). The second-order valence-corrected chi connectivity index (χ2v) is 7.54. The van der Waals surface area contributed by atoms with Crippen LogP contribution < -0.4 is 10.9 Å². The van der Waals surface area contributed by atoms with E-state index >= 15 is 0 Å². The van der Waals surface area contributed by atoms with Gasteiger partial charge in [0.2, 0.25) is 0 Å². The fourth-order valence-electron chi connectivity index (χ4n) is 1.90. The molecular weight excluding hydrogens is 297 g/mol. The predicted octanol–water partition coefficient (Wildman–Crippen LogP) is 2.12. The van der Waals surface area contributed by atoms with Crippen LogP contribution in [0.5, 0.6) is 0 Å². The van der Waals surface area contributed by atoms with E-state index in [2.05, 4.69) is 15.3 Å². The average molecular weight is 321 g/mol. The van der Waals surface area contributed by atoms with Crippen molar-refractivity contribution in [3.05, 3.63) is 12.4 Å². The molecule has 0 unspecified atom stereocenters. The molecule has 1 N–H and O–H groups in total. The van der Waals surface area contributed by atoms with Crippen molar-refractivity contribution in [2.75, 3.05) is 5.32 Å². The van der Waals surface area contributed by atoms with Crippen molar-refractivity contribution >= 4 is 24.6 Å². The highest BCUT2D eigenvalue weighted by Crippen LogP contribution is 2.36. The second-order valence-electron chi connectivity index (χ2n) is 7.54.